The minimum atomic E-state index is -0.000582. The number of aromatic nitrogens is 2. The number of amides is 1. The highest BCUT2D eigenvalue weighted by atomic mass is 35.5. The minimum Gasteiger partial charge on any atom is -0.339 e. The Labute approximate surface area is 152 Å². The molecule has 1 saturated heterocycles. The van der Waals surface area contributed by atoms with Crippen LogP contribution in [-0.4, -0.2) is 40.6 Å². The number of nitrogens with one attached hydrogen (secondary N) is 1. The highest BCUT2D eigenvalue weighted by molar-refractivity contribution is 6.30. The molecule has 130 valence electrons. The molecule has 0 radical (unpaired) electrons. The van der Waals surface area contributed by atoms with Crippen molar-refractivity contribution in [3.05, 3.63) is 46.6 Å². The Morgan fingerprint density at radius 1 is 1.50 bits per heavy atom. The molecule has 0 bridgehead atoms. The molecule has 1 atom stereocenters. The standard InChI is InChI=1S/C16H19ClN4O2.ClH/c1-11-19-15(23-20-11)5-6-16(22)21-8-7-18-10-14(21)12-3-2-4-13(17)9-12;/h2-4,9,14,18H,5-8,10H2,1H3;1H. The van der Waals surface area contributed by atoms with Crippen LogP contribution in [0.25, 0.3) is 0 Å². The Balaban J connectivity index is 0.00000208. The molecule has 6 nitrogen and oxygen atoms in total. The fourth-order valence-corrected chi connectivity index (χ4v) is 3.01. The van der Waals surface area contributed by atoms with Gasteiger partial charge in [-0.25, -0.2) is 0 Å². The summed E-state index contributed by atoms with van der Waals surface area (Å²) in [5.41, 5.74) is 1.05. The van der Waals surface area contributed by atoms with E-state index in [1.165, 1.54) is 0 Å². The Bertz CT molecular complexity index is 692. The van der Waals surface area contributed by atoms with Crippen LogP contribution in [0.2, 0.25) is 5.02 Å². The maximum atomic E-state index is 12.6. The molecule has 2 aromatic rings. The number of nitrogens with zero attached hydrogens (tertiary/aromatic N) is 3. The van der Waals surface area contributed by atoms with E-state index >= 15 is 0 Å². The first-order valence-corrected chi connectivity index (χ1v) is 8.06. The molecular weight excluding hydrogens is 351 g/mol. The van der Waals surface area contributed by atoms with Crippen molar-refractivity contribution >= 4 is 29.9 Å². The second-order valence-electron chi connectivity index (χ2n) is 5.60. The number of rotatable bonds is 4. The van der Waals surface area contributed by atoms with Crippen LogP contribution in [0, 0.1) is 6.92 Å². The van der Waals surface area contributed by atoms with Gasteiger partial charge in [-0.3, -0.25) is 4.79 Å². The average molecular weight is 371 g/mol. The van der Waals surface area contributed by atoms with Gasteiger partial charge >= 0.3 is 0 Å². The zero-order chi connectivity index (χ0) is 16.2. The van der Waals surface area contributed by atoms with Crippen LogP contribution in [0.15, 0.2) is 28.8 Å². The molecule has 2 heterocycles. The van der Waals surface area contributed by atoms with Crippen molar-refractivity contribution in [1.29, 1.82) is 0 Å². The normalized spacial score (nSPS) is 17.4. The fourth-order valence-electron chi connectivity index (χ4n) is 2.81. The lowest BCUT2D eigenvalue weighted by molar-refractivity contribution is -0.134. The average Bonchev–Trinajstić information content (AvgIpc) is 2.98. The highest BCUT2D eigenvalue weighted by Gasteiger charge is 2.27. The second kappa shape index (κ2) is 8.46. The maximum Gasteiger partial charge on any atom is 0.227 e. The molecule has 1 fully saturated rings. The largest absolute Gasteiger partial charge is 0.339 e. The summed E-state index contributed by atoms with van der Waals surface area (Å²) in [5, 5.41) is 7.76. The topological polar surface area (TPSA) is 71.3 Å². The third kappa shape index (κ3) is 4.47. The maximum absolute atomic E-state index is 12.6. The summed E-state index contributed by atoms with van der Waals surface area (Å²) in [7, 11) is 0. The Kier molecular flexibility index (Phi) is 6.60. The predicted molar refractivity (Wildman–Crippen MR) is 93.4 cm³/mol. The summed E-state index contributed by atoms with van der Waals surface area (Å²) in [6.07, 6.45) is 0.824. The molecule has 3 rings (SSSR count). The smallest absolute Gasteiger partial charge is 0.227 e. The van der Waals surface area contributed by atoms with Crippen molar-refractivity contribution in [3.8, 4) is 0 Å². The first-order chi connectivity index (χ1) is 11.1. The zero-order valence-electron chi connectivity index (χ0n) is 13.4. The summed E-state index contributed by atoms with van der Waals surface area (Å²) < 4.78 is 5.07. The van der Waals surface area contributed by atoms with Gasteiger partial charge < -0.3 is 14.7 Å². The van der Waals surface area contributed by atoms with E-state index in [0.717, 1.165) is 18.7 Å². The van der Waals surface area contributed by atoms with E-state index in [1.807, 2.05) is 29.2 Å². The van der Waals surface area contributed by atoms with E-state index in [1.54, 1.807) is 6.92 Å². The van der Waals surface area contributed by atoms with Crippen LogP contribution in [0.1, 0.15) is 29.7 Å². The van der Waals surface area contributed by atoms with Gasteiger partial charge in [0.05, 0.1) is 6.04 Å². The van der Waals surface area contributed by atoms with Crippen LogP contribution in [0.3, 0.4) is 0 Å². The molecule has 0 aliphatic carbocycles. The first kappa shape index (κ1) is 18.7. The fraction of sp³-hybridized carbons (Fsp3) is 0.438. The van der Waals surface area contributed by atoms with Crippen LogP contribution < -0.4 is 5.32 Å². The third-order valence-electron chi connectivity index (χ3n) is 3.92. The van der Waals surface area contributed by atoms with Crippen LogP contribution in [0.5, 0.6) is 0 Å². The summed E-state index contributed by atoms with van der Waals surface area (Å²) in [5.74, 6) is 1.18. The number of aryl methyl sites for hydroxylation is 2. The van der Waals surface area contributed by atoms with Gasteiger partial charge in [0.1, 0.15) is 0 Å². The number of benzene rings is 1. The lowest BCUT2D eigenvalue weighted by Gasteiger charge is -2.36. The third-order valence-corrected chi connectivity index (χ3v) is 4.15. The molecule has 1 unspecified atom stereocenters. The molecule has 0 spiro atoms. The Morgan fingerprint density at radius 3 is 3.04 bits per heavy atom. The zero-order valence-corrected chi connectivity index (χ0v) is 14.9. The van der Waals surface area contributed by atoms with Gasteiger partial charge in [0.15, 0.2) is 5.82 Å². The molecule has 8 heteroatoms. The first-order valence-electron chi connectivity index (χ1n) is 7.68. The number of carbonyl (C=O) groups excluding carboxylic acids is 1. The quantitative estimate of drug-likeness (QED) is 0.895. The van der Waals surface area contributed by atoms with Crippen molar-refractivity contribution in [2.45, 2.75) is 25.8 Å². The number of halogens is 2. The van der Waals surface area contributed by atoms with Crippen molar-refractivity contribution in [2.24, 2.45) is 0 Å². The predicted octanol–water partition coefficient (Wildman–Crippen LogP) is 2.56. The molecular formula is C16H20Cl2N4O2. The van der Waals surface area contributed by atoms with E-state index < -0.39 is 0 Å². The SMILES string of the molecule is Cc1noc(CCC(=O)N2CCNCC2c2cccc(Cl)c2)n1.Cl. The molecule has 0 saturated carbocycles. The van der Waals surface area contributed by atoms with Crippen molar-refractivity contribution in [2.75, 3.05) is 19.6 Å². The Morgan fingerprint density at radius 2 is 2.33 bits per heavy atom. The summed E-state index contributed by atoms with van der Waals surface area (Å²) >= 11 is 6.08. The number of hydrogen-bond acceptors (Lipinski definition) is 5. The van der Waals surface area contributed by atoms with Gasteiger partial charge in [-0.15, -0.1) is 12.4 Å². The van der Waals surface area contributed by atoms with E-state index in [4.69, 9.17) is 16.1 Å². The minimum absolute atomic E-state index is 0. The van der Waals surface area contributed by atoms with Gasteiger partial charge in [0, 0.05) is 37.5 Å². The molecule has 1 aliphatic rings. The van der Waals surface area contributed by atoms with E-state index in [0.29, 0.717) is 36.1 Å². The molecule has 24 heavy (non-hydrogen) atoms. The molecule has 1 aliphatic heterocycles. The molecule has 1 aromatic carbocycles. The summed E-state index contributed by atoms with van der Waals surface area (Å²) in [4.78, 5) is 18.7. The van der Waals surface area contributed by atoms with E-state index in [2.05, 4.69) is 15.5 Å². The van der Waals surface area contributed by atoms with Crippen LogP contribution in [0.4, 0.5) is 0 Å². The molecule has 1 amide bonds. The van der Waals surface area contributed by atoms with Gasteiger partial charge in [0.25, 0.3) is 0 Å². The lowest BCUT2D eigenvalue weighted by Crippen LogP contribution is -2.48. The summed E-state index contributed by atoms with van der Waals surface area (Å²) in [6, 6.07) is 7.67. The lowest BCUT2D eigenvalue weighted by atomic mass is 10.0. The molecule has 1 aromatic heterocycles. The van der Waals surface area contributed by atoms with Gasteiger partial charge in [0.2, 0.25) is 11.8 Å². The molecule has 1 N–H and O–H groups in total. The number of piperazine rings is 1. The highest BCUT2D eigenvalue weighted by Crippen LogP contribution is 2.25. The van der Waals surface area contributed by atoms with Crippen molar-refractivity contribution in [3.63, 3.8) is 0 Å². The second-order valence-corrected chi connectivity index (χ2v) is 6.03. The van der Waals surface area contributed by atoms with Crippen LogP contribution in [-0.2, 0) is 11.2 Å². The van der Waals surface area contributed by atoms with Crippen molar-refractivity contribution < 1.29 is 9.32 Å². The monoisotopic (exact) mass is 370 g/mol. The Hall–Kier alpha value is -1.63. The van der Waals surface area contributed by atoms with Gasteiger partial charge in [-0.05, 0) is 24.6 Å². The summed E-state index contributed by atoms with van der Waals surface area (Å²) in [6.45, 7) is 3.97. The van der Waals surface area contributed by atoms with Gasteiger partial charge in [-0.2, -0.15) is 4.98 Å². The van der Waals surface area contributed by atoms with E-state index in [-0.39, 0.29) is 24.4 Å². The van der Waals surface area contributed by atoms with Crippen LogP contribution >= 0.6 is 24.0 Å². The van der Waals surface area contributed by atoms with Gasteiger partial charge in [-0.1, -0.05) is 28.9 Å². The number of hydrogen-bond donors (Lipinski definition) is 1. The van der Waals surface area contributed by atoms with E-state index in [9.17, 15) is 4.79 Å². The van der Waals surface area contributed by atoms with Crippen molar-refractivity contribution in [1.82, 2.24) is 20.4 Å². The number of carbonyl (C=O) groups is 1.